The summed E-state index contributed by atoms with van der Waals surface area (Å²) in [4.78, 5) is 18.9. The minimum absolute atomic E-state index is 0.105. The minimum Gasteiger partial charge on any atom is -0.497 e. The van der Waals surface area contributed by atoms with Crippen molar-refractivity contribution in [1.82, 2.24) is 14.7 Å². The molecular weight excluding hydrogens is 394 g/mol. The van der Waals surface area contributed by atoms with Gasteiger partial charge in [-0.1, -0.05) is 24.3 Å². The van der Waals surface area contributed by atoms with E-state index in [1.807, 2.05) is 36.4 Å². The molecule has 2 aliphatic rings. The molecule has 0 unspecified atom stereocenters. The lowest BCUT2D eigenvalue weighted by Crippen LogP contribution is -2.43. The molecule has 2 atom stereocenters. The summed E-state index contributed by atoms with van der Waals surface area (Å²) in [6.45, 7) is 1.77. The summed E-state index contributed by atoms with van der Waals surface area (Å²) in [7, 11) is -0.212. The molecule has 0 aliphatic carbocycles. The second-order valence-corrected chi connectivity index (χ2v) is 9.26. The molecule has 0 radical (unpaired) electrons. The number of carbonyl (C=O) groups excluding carboxylic acids is 1. The fourth-order valence-corrected chi connectivity index (χ4v) is 5.10. The number of sulfonamides is 1. The number of likely N-dealkylation sites (tertiary alicyclic amines) is 1. The fraction of sp³-hybridized carbons (Fsp3) is 0.550. The number of benzene rings is 1. The van der Waals surface area contributed by atoms with Crippen LogP contribution < -0.4 is 9.46 Å². The van der Waals surface area contributed by atoms with Crippen LogP contribution in [-0.2, 0) is 19.7 Å². The molecule has 2 fully saturated rings. The monoisotopic (exact) mass is 423 g/mol. The van der Waals surface area contributed by atoms with Crippen molar-refractivity contribution in [2.24, 2.45) is 0 Å². The van der Waals surface area contributed by atoms with Gasteiger partial charge in [-0.2, -0.15) is 5.06 Å². The molecule has 9 heteroatoms. The van der Waals surface area contributed by atoms with E-state index in [9.17, 15) is 13.2 Å². The Balaban J connectivity index is 1.56. The van der Waals surface area contributed by atoms with Crippen LogP contribution in [0.3, 0.4) is 0 Å². The highest BCUT2D eigenvalue weighted by molar-refractivity contribution is 7.90. The Hall–Kier alpha value is -1.94. The van der Waals surface area contributed by atoms with Crippen LogP contribution in [0.25, 0.3) is 6.08 Å². The van der Waals surface area contributed by atoms with Crippen LogP contribution in [0.4, 0.5) is 0 Å². The van der Waals surface area contributed by atoms with Gasteiger partial charge < -0.3 is 9.64 Å². The Morgan fingerprint density at radius 3 is 2.72 bits per heavy atom. The summed E-state index contributed by atoms with van der Waals surface area (Å²) in [5, 5.41) is 0.878. The first-order valence-electron chi connectivity index (χ1n) is 9.85. The SMILES string of the molecule is COc1ccc(/C=C/[C@@H]2[C@H](S(=O)(=O)NCCCN3CCCC3=O)CON2C)cc1. The molecular formula is C20H29N3O5S. The number of methoxy groups -OCH3 is 1. The molecule has 1 amide bonds. The summed E-state index contributed by atoms with van der Waals surface area (Å²) in [5.41, 5.74) is 0.950. The number of hydrogen-bond acceptors (Lipinski definition) is 6. The van der Waals surface area contributed by atoms with Crippen molar-refractivity contribution in [1.29, 1.82) is 0 Å². The van der Waals surface area contributed by atoms with Gasteiger partial charge in [-0.15, -0.1) is 0 Å². The Kier molecular flexibility index (Phi) is 7.28. The van der Waals surface area contributed by atoms with Gasteiger partial charge in [-0.3, -0.25) is 9.63 Å². The van der Waals surface area contributed by atoms with E-state index in [-0.39, 0.29) is 12.5 Å². The zero-order valence-electron chi connectivity index (χ0n) is 16.9. The van der Waals surface area contributed by atoms with Crippen LogP contribution >= 0.6 is 0 Å². The van der Waals surface area contributed by atoms with Crippen molar-refractivity contribution in [3.8, 4) is 5.75 Å². The number of rotatable bonds is 9. The van der Waals surface area contributed by atoms with Gasteiger partial charge >= 0.3 is 0 Å². The molecule has 160 valence electrons. The molecule has 1 N–H and O–H groups in total. The quantitative estimate of drug-likeness (QED) is 0.602. The topological polar surface area (TPSA) is 88.2 Å². The van der Waals surface area contributed by atoms with Crippen molar-refractivity contribution < 1.29 is 22.8 Å². The number of hydroxylamine groups is 2. The first-order chi connectivity index (χ1) is 13.9. The molecule has 2 saturated heterocycles. The first-order valence-corrected chi connectivity index (χ1v) is 11.4. The average Bonchev–Trinajstić information content (AvgIpc) is 3.29. The van der Waals surface area contributed by atoms with Gasteiger partial charge in [-0.05, 0) is 30.5 Å². The smallest absolute Gasteiger partial charge is 0.222 e. The highest BCUT2D eigenvalue weighted by Crippen LogP contribution is 2.22. The molecule has 8 nitrogen and oxygen atoms in total. The predicted molar refractivity (Wildman–Crippen MR) is 111 cm³/mol. The molecule has 1 aromatic rings. The minimum atomic E-state index is -3.56. The Morgan fingerprint density at radius 2 is 2.07 bits per heavy atom. The summed E-state index contributed by atoms with van der Waals surface area (Å²) < 4.78 is 33.4. The van der Waals surface area contributed by atoms with E-state index in [1.165, 1.54) is 0 Å². The normalized spacial score (nSPS) is 23.4. The number of nitrogens with zero attached hydrogens (tertiary/aromatic N) is 2. The maximum absolute atomic E-state index is 12.8. The lowest BCUT2D eigenvalue weighted by Gasteiger charge is -2.20. The van der Waals surface area contributed by atoms with Crippen LogP contribution in [0.5, 0.6) is 5.75 Å². The van der Waals surface area contributed by atoms with Gasteiger partial charge in [0, 0.05) is 33.1 Å². The summed E-state index contributed by atoms with van der Waals surface area (Å²) >= 11 is 0. The van der Waals surface area contributed by atoms with Crippen molar-refractivity contribution in [3.63, 3.8) is 0 Å². The van der Waals surface area contributed by atoms with E-state index in [1.54, 1.807) is 24.1 Å². The standard InChI is InChI=1S/C20H29N3O5S/c1-22-18(11-8-16-6-9-17(27-2)10-7-16)19(15-28-22)29(25,26)21-12-4-14-23-13-3-5-20(23)24/h6-11,18-19,21H,3-5,12-15H2,1-2H3/b11-8+/t18-,19-/m1/s1. The van der Waals surface area contributed by atoms with E-state index < -0.39 is 21.3 Å². The number of ether oxygens (including phenoxy) is 1. The predicted octanol–water partition coefficient (Wildman–Crippen LogP) is 1.25. The number of carbonyl (C=O) groups is 1. The van der Waals surface area contributed by atoms with E-state index in [4.69, 9.17) is 9.57 Å². The zero-order valence-corrected chi connectivity index (χ0v) is 17.7. The highest BCUT2D eigenvalue weighted by atomic mass is 32.2. The third-order valence-electron chi connectivity index (χ3n) is 5.32. The number of nitrogens with one attached hydrogen (secondary N) is 1. The summed E-state index contributed by atoms with van der Waals surface area (Å²) in [5.74, 6) is 0.922. The Morgan fingerprint density at radius 1 is 1.31 bits per heavy atom. The van der Waals surface area contributed by atoms with Crippen molar-refractivity contribution in [2.75, 3.05) is 40.4 Å². The second kappa shape index (κ2) is 9.71. The van der Waals surface area contributed by atoms with Gasteiger partial charge in [0.2, 0.25) is 15.9 Å². The molecule has 29 heavy (non-hydrogen) atoms. The van der Waals surface area contributed by atoms with Crippen LogP contribution in [-0.4, -0.2) is 76.0 Å². The number of likely N-dealkylation sites (N-methyl/N-ethyl adjacent to an activating group) is 1. The molecule has 2 aliphatic heterocycles. The fourth-order valence-electron chi connectivity index (χ4n) is 3.58. The average molecular weight is 424 g/mol. The number of hydrogen-bond donors (Lipinski definition) is 1. The van der Waals surface area contributed by atoms with Crippen molar-refractivity contribution in [3.05, 3.63) is 35.9 Å². The van der Waals surface area contributed by atoms with Crippen molar-refractivity contribution in [2.45, 2.75) is 30.6 Å². The third kappa shape index (κ3) is 5.57. The van der Waals surface area contributed by atoms with E-state index in [0.717, 1.165) is 24.3 Å². The van der Waals surface area contributed by atoms with Gasteiger partial charge in [0.25, 0.3) is 0 Å². The Labute approximate surface area is 172 Å². The largest absolute Gasteiger partial charge is 0.497 e. The summed E-state index contributed by atoms with van der Waals surface area (Å²) in [6, 6.07) is 7.14. The Bertz CT molecular complexity index is 825. The van der Waals surface area contributed by atoms with Crippen LogP contribution in [0.15, 0.2) is 30.3 Å². The molecule has 0 bridgehead atoms. The first kappa shape index (κ1) is 21.8. The lowest BCUT2D eigenvalue weighted by molar-refractivity contribution is -0.127. The van der Waals surface area contributed by atoms with Crippen LogP contribution in [0, 0.1) is 0 Å². The lowest BCUT2D eigenvalue weighted by atomic mass is 10.1. The molecule has 0 saturated carbocycles. The molecule has 0 spiro atoms. The maximum atomic E-state index is 12.8. The zero-order chi connectivity index (χ0) is 20.9. The van der Waals surface area contributed by atoms with Gasteiger partial charge in [0.05, 0.1) is 19.8 Å². The van der Waals surface area contributed by atoms with Crippen molar-refractivity contribution >= 4 is 22.0 Å². The third-order valence-corrected chi connectivity index (χ3v) is 7.14. The number of amides is 1. The highest BCUT2D eigenvalue weighted by Gasteiger charge is 2.40. The molecule has 1 aromatic carbocycles. The van der Waals surface area contributed by atoms with Crippen LogP contribution in [0.2, 0.25) is 0 Å². The second-order valence-electron chi connectivity index (χ2n) is 7.28. The van der Waals surface area contributed by atoms with Gasteiger partial charge in [0.15, 0.2) is 0 Å². The molecule has 3 rings (SSSR count). The van der Waals surface area contributed by atoms with E-state index in [2.05, 4.69) is 4.72 Å². The van der Waals surface area contributed by atoms with E-state index in [0.29, 0.717) is 25.9 Å². The summed E-state index contributed by atoms with van der Waals surface area (Å²) in [6.07, 6.45) is 5.82. The van der Waals surface area contributed by atoms with E-state index >= 15 is 0 Å². The maximum Gasteiger partial charge on any atom is 0.222 e. The van der Waals surface area contributed by atoms with Gasteiger partial charge in [0.1, 0.15) is 11.0 Å². The van der Waals surface area contributed by atoms with Crippen LogP contribution in [0.1, 0.15) is 24.8 Å². The molecule has 2 heterocycles. The van der Waals surface area contributed by atoms with Gasteiger partial charge in [-0.25, -0.2) is 13.1 Å². The molecule has 0 aromatic heterocycles.